The Morgan fingerprint density at radius 1 is 1.21 bits per heavy atom. The number of rotatable bonds is 5. The van der Waals surface area contributed by atoms with E-state index in [2.05, 4.69) is 0 Å². The van der Waals surface area contributed by atoms with E-state index < -0.39 is 12.1 Å². The molecule has 1 amide bonds. The van der Waals surface area contributed by atoms with Crippen LogP contribution in [0, 0.1) is 0 Å². The van der Waals surface area contributed by atoms with Crippen LogP contribution in [0.3, 0.4) is 0 Å². The molecule has 3 rings (SSSR count). The first-order valence-electron chi connectivity index (χ1n) is 7.49. The van der Waals surface area contributed by atoms with Gasteiger partial charge < -0.3 is 14.2 Å². The van der Waals surface area contributed by atoms with Crippen LogP contribution in [-0.4, -0.2) is 25.7 Å². The molecule has 1 aliphatic heterocycles. The highest BCUT2D eigenvalue weighted by Gasteiger charge is 2.22. The number of ether oxygens (including phenoxy) is 3. The summed E-state index contributed by atoms with van der Waals surface area (Å²) in [4.78, 5) is 24.7. The Hall–Kier alpha value is -3.02. The first kappa shape index (κ1) is 15.9. The topological polar surface area (TPSA) is 65.1 Å². The van der Waals surface area contributed by atoms with Crippen molar-refractivity contribution < 1.29 is 23.8 Å². The molecule has 0 fully saturated rings. The van der Waals surface area contributed by atoms with Crippen LogP contribution in [0.25, 0.3) is 0 Å². The maximum absolute atomic E-state index is 11.8. The maximum Gasteiger partial charge on any atom is 0.414 e. The Morgan fingerprint density at radius 2 is 2.00 bits per heavy atom. The summed E-state index contributed by atoms with van der Waals surface area (Å²) in [5.41, 5.74) is 2.51. The van der Waals surface area contributed by atoms with E-state index in [9.17, 15) is 9.59 Å². The second-order valence-corrected chi connectivity index (χ2v) is 5.34. The van der Waals surface area contributed by atoms with Gasteiger partial charge in [0.2, 0.25) is 0 Å². The quantitative estimate of drug-likeness (QED) is 0.790. The number of esters is 1. The summed E-state index contributed by atoms with van der Waals surface area (Å²) in [5, 5.41) is 0. The van der Waals surface area contributed by atoms with Crippen LogP contribution in [0.2, 0.25) is 0 Å². The lowest BCUT2D eigenvalue weighted by molar-refractivity contribution is -0.147. The van der Waals surface area contributed by atoms with Crippen molar-refractivity contribution in [3.8, 4) is 5.75 Å². The Morgan fingerprint density at radius 3 is 2.79 bits per heavy atom. The molecule has 0 atom stereocenters. The zero-order chi connectivity index (χ0) is 16.9. The van der Waals surface area contributed by atoms with Crippen molar-refractivity contribution in [2.75, 3.05) is 18.6 Å². The van der Waals surface area contributed by atoms with E-state index in [4.69, 9.17) is 14.2 Å². The lowest BCUT2D eigenvalue weighted by Crippen LogP contribution is -2.31. The number of fused-ring (bicyclic) bond motifs is 1. The number of cyclic esters (lactones) is 1. The second-order valence-electron chi connectivity index (χ2n) is 5.34. The van der Waals surface area contributed by atoms with E-state index in [1.165, 1.54) is 4.90 Å². The molecule has 0 unspecified atom stereocenters. The van der Waals surface area contributed by atoms with Gasteiger partial charge in [-0.05, 0) is 17.7 Å². The molecule has 0 aliphatic carbocycles. The Balaban J connectivity index is 1.55. The third kappa shape index (κ3) is 3.65. The van der Waals surface area contributed by atoms with Crippen LogP contribution >= 0.6 is 0 Å². The van der Waals surface area contributed by atoms with E-state index >= 15 is 0 Å². The van der Waals surface area contributed by atoms with E-state index in [-0.39, 0.29) is 19.8 Å². The maximum atomic E-state index is 11.8. The first-order chi connectivity index (χ1) is 11.6. The van der Waals surface area contributed by atoms with Gasteiger partial charge in [-0.3, -0.25) is 4.90 Å². The summed E-state index contributed by atoms with van der Waals surface area (Å²) < 4.78 is 15.6. The Bertz CT molecular complexity index is 744. The highest BCUT2D eigenvalue weighted by Crippen LogP contribution is 2.29. The van der Waals surface area contributed by atoms with Crippen molar-refractivity contribution in [1.82, 2.24) is 0 Å². The van der Waals surface area contributed by atoms with Crippen molar-refractivity contribution >= 4 is 17.7 Å². The highest BCUT2D eigenvalue weighted by atomic mass is 16.6. The molecule has 0 saturated heterocycles. The minimum Gasteiger partial charge on any atom is -0.482 e. The van der Waals surface area contributed by atoms with Gasteiger partial charge in [-0.1, -0.05) is 30.3 Å². The van der Waals surface area contributed by atoms with E-state index in [1.807, 2.05) is 36.4 Å². The van der Waals surface area contributed by atoms with Gasteiger partial charge in [-0.15, -0.1) is 0 Å². The lowest BCUT2D eigenvalue weighted by Gasteiger charge is -2.25. The smallest absolute Gasteiger partial charge is 0.414 e. The summed E-state index contributed by atoms with van der Waals surface area (Å²) >= 11 is 0. The molecule has 0 saturated carbocycles. The largest absolute Gasteiger partial charge is 0.482 e. The molecule has 6 heteroatoms. The summed E-state index contributed by atoms with van der Waals surface area (Å²) in [6.07, 6.45) is -0.415. The minimum atomic E-state index is -0.454. The molecular formula is C18H17NO5. The fourth-order valence-electron chi connectivity index (χ4n) is 2.32. The van der Waals surface area contributed by atoms with Crippen LogP contribution in [0.4, 0.5) is 10.5 Å². The summed E-state index contributed by atoms with van der Waals surface area (Å²) in [6, 6.07) is 14.7. The molecule has 0 radical (unpaired) electrons. The summed E-state index contributed by atoms with van der Waals surface area (Å²) in [7, 11) is 1.62. The van der Waals surface area contributed by atoms with Crippen molar-refractivity contribution in [2.45, 2.75) is 13.2 Å². The van der Waals surface area contributed by atoms with Crippen LogP contribution in [0.5, 0.6) is 5.75 Å². The van der Waals surface area contributed by atoms with Crippen molar-refractivity contribution in [3.05, 3.63) is 59.7 Å². The standard InChI is InChI=1S/C18H17NO5/c1-19-16-9-15(8-7-14(16)11-24-18(19)21)22-12-17(20)23-10-13-5-3-2-4-6-13/h2-9H,10-12H2,1H3. The van der Waals surface area contributed by atoms with E-state index in [0.717, 1.165) is 11.1 Å². The molecule has 0 aromatic heterocycles. The van der Waals surface area contributed by atoms with Gasteiger partial charge in [0.25, 0.3) is 0 Å². The summed E-state index contributed by atoms with van der Waals surface area (Å²) in [5.74, 6) is 0.0382. The number of carbonyl (C=O) groups excluding carboxylic acids is 2. The third-order valence-electron chi connectivity index (χ3n) is 3.64. The van der Waals surface area contributed by atoms with Crippen LogP contribution in [0.15, 0.2) is 48.5 Å². The molecular weight excluding hydrogens is 310 g/mol. The Labute approximate surface area is 139 Å². The summed E-state index contributed by atoms with van der Waals surface area (Å²) in [6.45, 7) is 0.249. The molecule has 0 bridgehead atoms. The molecule has 2 aromatic carbocycles. The molecule has 1 aliphatic rings. The van der Waals surface area contributed by atoms with Crippen molar-refractivity contribution in [2.24, 2.45) is 0 Å². The molecule has 2 aromatic rings. The highest BCUT2D eigenvalue weighted by molar-refractivity contribution is 5.90. The zero-order valence-electron chi connectivity index (χ0n) is 13.2. The second kappa shape index (κ2) is 7.04. The number of hydrogen-bond acceptors (Lipinski definition) is 5. The van der Waals surface area contributed by atoms with Gasteiger partial charge in [0.15, 0.2) is 6.61 Å². The van der Waals surface area contributed by atoms with Crippen LogP contribution < -0.4 is 9.64 Å². The van der Waals surface area contributed by atoms with E-state index in [0.29, 0.717) is 11.4 Å². The van der Waals surface area contributed by atoms with Crippen LogP contribution in [0.1, 0.15) is 11.1 Å². The van der Waals surface area contributed by atoms with Gasteiger partial charge in [-0.2, -0.15) is 0 Å². The number of carbonyl (C=O) groups is 2. The van der Waals surface area contributed by atoms with Gasteiger partial charge in [-0.25, -0.2) is 9.59 Å². The fraction of sp³-hybridized carbons (Fsp3) is 0.222. The number of benzene rings is 2. The van der Waals surface area contributed by atoms with Gasteiger partial charge in [0.05, 0.1) is 5.69 Å². The SMILES string of the molecule is CN1C(=O)OCc2ccc(OCC(=O)OCc3ccccc3)cc21. The molecule has 6 nitrogen and oxygen atoms in total. The predicted molar refractivity (Wildman–Crippen MR) is 86.8 cm³/mol. The molecule has 24 heavy (non-hydrogen) atoms. The Kier molecular flexibility index (Phi) is 4.65. The van der Waals surface area contributed by atoms with Crippen LogP contribution in [-0.2, 0) is 27.5 Å². The van der Waals surface area contributed by atoms with Gasteiger partial charge in [0.1, 0.15) is 19.0 Å². The number of hydrogen-bond donors (Lipinski definition) is 0. The zero-order valence-corrected chi connectivity index (χ0v) is 13.2. The van der Waals surface area contributed by atoms with Crippen molar-refractivity contribution in [3.63, 3.8) is 0 Å². The number of amides is 1. The number of anilines is 1. The van der Waals surface area contributed by atoms with E-state index in [1.54, 1.807) is 19.2 Å². The monoisotopic (exact) mass is 327 g/mol. The molecule has 0 spiro atoms. The minimum absolute atomic E-state index is 0.195. The molecule has 0 N–H and O–H groups in total. The normalized spacial score (nSPS) is 13.0. The average molecular weight is 327 g/mol. The average Bonchev–Trinajstić information content (AvgIpc) is 2.62. The first-order valence-corrected chi connectivity index (χ1v) is 7.49. The molecule has 124 valence electrons. The van der Waals surface area contributed by atoms with Crippen molar-refractivity contribution in [1.29, 1.82) is 0 Å². The fourth-order valence-corrected chi connectivity index (χ4v) is 2.32. The van der Waals surface area contributed by atoms with Gasteiger partial charge >= 0.3 is 12.1 Å². The van der Waals surface area contributed by atoms with Gasteiger partial charge in [0, 0.05) is 18.7 Å². The third-order valence-corrected chi connectivity index (χ3v) is 3.64. The lowest BCUT2D eigenvalue weighted by atomic mass is 10.1. The molecule has 1 heterocycles. The number of nitrogens with zero attached hydrogens (tertiary/aromatic N) is 1. The predicted octanol–water partition coefficient (Wildman–Crippen LogP) is 2.90.